The number of rotatable bonds is 4. The molecule has 0 aliphatic heterocycles. The Morgan fingerprint density at radius 3 is 2.41 bits per heavy atom. The van der Waals surface area contributed by atoms with Gasteiger partial charge in [0.05, 0.1) is 0 Å². The van der Waals surface area contributed by atoms with Crippen molar-refractivity contribution in [2.75, 3.05) is 11.1 Å². The summed E-state index contributed by atoms with van der Waals surface area (Å²) in [5, 5.41) is 3.48. The fourth-order valence-corrected chi connectivity index (χ4v) is 2.07. The number of aryl methyl sites for hydroxylation is 1. The van der Waals surface area contributed by atoms with Gasteiger partial charge >= 0.3 is 0 Å². The minimum absolute atomic E-state index is 0.240. The van der Waals surface area contributed by atoms with Gasteiger partial charge in [-0.2, -0.15) is 0 Å². The van der Waals surface area contributed by atoms with Crippen LogP contribution in [0, 0.1) is 6.92 Å². The Hall–Kier alpha value is -2.20. The highest BCUT2D eigenvalue weighted by atomic mass is 35.5. The van der Waals surface area contributed by atoms with E-state index in [2.05, 4.69) is 5.32 Å². The smallest absolute Gasteiger partial charge is 0.267 e. The van der Waals surface area contributed by atoms with E-state index in [1.807, 2.05) is 13.0 Å². The molecular weight excluding hydrogens is 300 g/mol. The minimum atomic E-state index is -1.03. The van der Waals surface area contributed by atoms with Crippen LogP contribution in [0.4, 0.5) is 11.4 Å². The zero-order valence-corrected chi connectivity index (χ0v) is 13.6. The fourth-order valence-electron chi connectivity index (χ4n) is 1.94. The molecule has 0 saturated heterocycles. The van der Waals surface area contributed by atoms with Crippen LogP contribution in [0.15, 0.2) is 42.5 Å². The van der Waals surface area contributed by atoms with E-state index in [0.29, 0.717) is 22.1 Å². The summed E-state index contributed by atoms with van der Waals surface area (Å²) in [6, 6.07) is 12.2. The zero-order valence-electron chi connectivity index (χ0n) is 12.8. The number of benzene rings is 2. The maximum absolute atomic E-state index is 12.4. The van der Waals surface area contributed by atoms with Gasteiger partial charge in [-0.05, 0) is 68.8 Å². The lowest BCUT2D eigenvalue weighted by Crippen LogP contribution is -2.42. The molecule has 0 fully saturated rings. The first-order valence-electron chi connectivity index (χ1n) is 6.90. The maximum Gasteiger partial charge on any atom is 0.267 e. The molecule has 2 aromatic carbocycles. The van der Waals surface area contributed by atoms with Gasteiger partial charge in [0.2, 0.25) is 0 Å². The number of ether oxygens (including phenoxy) is 1. The molecular formula is C17H19ClN2O2. The number of halogens is 1. The maximum atomic E-state index is 12.4. The number of carbonyl (C=O) groups is 1. The molecule has 0 aliphatic carbocycles. The molecule has 0 heterocycles. The summed E-state index contributed by atoms with van der Waals surface area (Å²) in [5.74, 6) is 0.342. The van der Waals surface area contributed by atoms with Gasteiger partial charge in [-0.3, -0.25) is 4.79 Å². The van der Waals surface area contributed by atoms with Crippen LogP contribution in [0.25, 0.3) is 0 Å². The standard InChI is InChI=1S/C17H19ClN2O2/c1-11-10-13(19)6-9-15(11)20-16(21)17(2,3)22-14-7-4-12(18)5-8-14/h4-10H,19H2,1-3H3,(H,20,21). The Labute approximate surface area is 135 Å². The molecule has 4 nitrogen and oxygen atoms in total. The number of carbonyl (C=O) groups excluding carboxylic acids is 1. The van der Waals surface area contributed by atoms with Gasteiger partial charge in [-0.25, -0.2) is 0 Å². The molecule has 1 amide bonds. The summed E-state index contributed by atoms with van der Waals surface area (Å²) in [5.41, 5.74) is 6.96. The summed E-state index contributed by atoms with van der Waals surface area (Å²) in [6.45, 7) is 5.31. The van der Waals surface area contributed by atoms with E-state index in [0.717, 1.165) is 5.56 Å². The summed E-state index contributed by atoms with van der Waals surface area (Å²) in [4.78, 5) is 12.4. The molecule has 116 valence electrons. The first-order chi connectivity index (χ1) is 10.3. The minimum Gasteiger partial charge on any atom is -0.478 e. The second kappa shape index (κ2) is 6.28. The number of nitrogen functional groups attached to an aromatic ring is 1. The Morgan fingerprint density at radius 1 is 1.18 bits per heavy atom. The molecule has 0 aliphatic rings. The molecule has 0 radical (unpaired) electrons. The zero-order chi connectivity index (χ0) is 16.3. The van der Waals surface area contributed by atoms with E-state index in [9.17, 15) is 4.79 Å². The monoisotopic (exact) mass is 318 g/mol. The molecule has 0 aromatic heterocycles. The van der Waals surface area contributed by atoms with E-state index >= 15 is 0 Å². The van der Waals surface area contributed by atoms with E-state index < -0.39 is 5.60 Å². The van der Waals surface area contributed by atoms with Gasteiger partial charge in [-0.1, -0.05) is 11.6 Å². The van der Waals surface area contributed by atoms with Crippen LogP contribution < -0.4 is 15.8 Å². The van der Waals surface area contributed by atoms with Crippen LogP contribution in [0.1, 0.15) is 19.4 Å². The van der Waals surface area contributed by atoms with Crippen LogP contribution in [0.3, 0.4) is 0 Å². The molecule has 0 bridgehead atoms. The van der Waals surface area contributed by atoms with Crippen molar-refractivity contribution in [3.05, 3.63) is 53.1 Å². The average molecular weight is 319 g/mol. The van der Waals surface area contributed by atoms with Crippen molar-refractivity contribution in [2.24, 2.45) is 0 Å². The number of nitrogens with two attached hydrogens (primary N) is 1. The molecule has 0 unspecified atom stereocenters. The van der Waals surface area contributed by atoms with Gasteiger partial charge in [0.1, 0.15) is 5.75 Å². The SMILES string of the molecule is Cc1cc(N)ccc1NC(=O)C(C)(C)Oc1ccc(Cl)cc1. The van der Waals surface area contributed by atoms with Crippen LogP contribution in [0.2, 0.25) is 5.02 Å². The first-order valence-corrected chi connectivity index (χ1v) is 7.28. The fraction of sp³-hybridized carbons (Fsp3) is 0.235. The number of hydrogen-bond donors (Lipinski definition) is 2. The van der Waals surface area contributed by atoms with Crippen LogP contribution >= 0.6 is 11.6 Å². The number of nitrogens with one attached hydrogen (secondary N) is 1. The highest BCUT2D eigenvalue weighted by Gasteiger charge is 2.30. The Balaban J connectivity index is 2.11. The lowest BCUT2D eigenvalue weighted by molar-refractivity contribution is -0.128. The van der Waals surface area contributed by atoms with Crippen molar-refractivity contribution >= 4 is 28.9 Å². The predicted octanol–water partition coefficient (Wildman–Crippen LogP) is 4.03. The van der Waals surface area contributed by atoms with E-state index in [1.165, 1.54) is 0 Å². The second-order valence-corrected chi connectivity index (χ2v) is 6.03. The Kier molecular flexibility index (Phi) is 4.62. The van der Waals surface area contributed by atoms with Gasteiger partial charge in [0, 0.05) is 16.4 Å². The van der Waals surface area contributed by atoms with Crippen molar-refractivity contribution in [1.29, 1.82) is 0 Å². The molecule has 5 heteroatoms. The molecule has 0 saturated carbocycles. The van der Waals surface area contributed by atoms with E-state index in [-0.39, 0.29) is 5.91 Å². The van der Waals surface area contributed by atoms with Crippen molar-refractivity contribution < 1.29 is 9.53 Å². The largest absolute Gasteiger partial charge is 0.478 e. The van der Waals surface area contributed by atoms with E-state index in [1.54, 1.807) is 50.2 Å². The highest BCUT2D eigenvalue weighted by Crippen LogP contribution is 2.23. The molecule has 2 aromatic rings. The third-order valence-corrected chi connectivity index (χ3v) is 3.48. The van der Waals surface area contributed by atoms with Gasteiger partial charge in [-0.15, -0.1) is 0 Å². The van der Waals surface area contributed by atoms with Crippen molar-refractivity contribution in [1.82, 2.24) is 0 Å². The summed E-state index contributed by atoms with van der Waals surface area (Å²) in [7, 11) is 0. The number of anilines is 2. The highest BCUT2D eigenvalue weighted by molar-refractivity contribution is 6.30. The quantitative estimate of drug-likeness (QED) is 0.837. The van der Waals surface area contributed by atoms with Crippen LogP contribution in [0.5, 0.6) is 5.75 Å². The van der Waals surface area contributed by atoms with Crippen molar-refractivity contribution in [3.8, 4) is 5.75 Å². The molecule has 0 atom stereocenters. The van der Waals surface area contributed by atoms with Gasteiger partial charge < -0.3 is 15.8 Å². The number of amides is 1. The first kappa shape index (κ1) is 16.2. The van der Waals surface area contributed by atoms with E-state index in [4.69, 9.17) is 22.1 Å². The Morgan fingerprint density at radius 2 is 1.82 bits per heavy atom. The van der Waals surface area contributed by atoms with Crippen molar-refractivity contribution in [3.63, 3.8) is 0 Å². The average Bonchev–Trinajstić information content (AvgIpc) is 2.44. The normalized spacial score (nSPS) is 11.1. The lowest BCUT2D eigenvalue weighted by Gasteiger charge is -2.25. The Bertz CT molecular complexity index is 682. The third kappa shape index (κ3) is 3.92. The summed E-state index contributed by atoms with van der Waals surface area (Å²) < 4.78 is 5.76. The third-order valence-electron chi connectivity index (χ3n) is 3.23. The van der Waals surface area contributed by atoms with Crippen LogP contribution in [-0.2, 0) is 4.79 Å². The predicted molar refractivity (Wildman–Crippen MR) is 90.4 cm³/mol. The van der Waals surface area contributed by atoms with Crippen molar-refractivity contribution in [2.45, 2.75) is 26.4 Å². The topological polar surface area (TPSA) is 64.3 Å². The molecule has 22 heavy (non-hydrogen) atoms. The second-order valence-electron chi connectivity index (χ2n) is 5.59. The number of hydrogen-bond acceptors (Lipinski definition) is 3. The van der Waals surface area contributed by atoms with Gasteiger partial charge in [0.15, 0.2) is 5.60 Å². The summed E-state index contributed by atoms with van der Waals surface area (Å²) in [6.07, 6.45) is 0. The molecule has 3 N–H and O–H groups in total. The van der Waals surface area contributed by atoms with Crippen LogP contribution in [-0.4, -0.2) is 11.5 Å². The lowest BCUT2D eigenvalue weighted by atomic mass is 10.1. The van der Waals surface area contributed by atoms with Gasteiger partial charge in [0.25, 0.3) is 5.91 Å². The molecule has 0 spiro atoms. The molecule has 2 rings (SSSR count). The summed E-state index contributed by atoms with van der Waals surface area (Å²) >= 11 is 5.84.